The Bertz CT molecular complexity index is 1190. The minimum absolute atomic E-state index is 0.0288. The molecular weight excluding hydrogens is 518 g/mol. The van der Waals surface area contributed by atoms with Gasteiger partial charge in [0, 0.05) is 46.2 Å². The van der Waals surface area contributed by atoms with Crippen LogP contribution in [0.5, 0.6) is 11.5 Å². The lowest BCUT2D eigenvalue weighted by Crippen LogP contribution is -2.62. The van der Waals surface area contributed by atoms with Crippen molar-refractivity contribution < 1.29 is 56.9 Å². The number of ether oxygens (including phenoxy) is 7. The van der Waals surface area contributed by atoms with Crippen LogP contribution in [-0.4, -0.2) is 80.4 Å². The average molecular weight is 550 g/mol. The molecule has 2 heterocycles. The average Bonchev–Trinajstić information content (AvgIpc) is 3.33. The third-order valence-electron chi connectivity index (χ3n) is 5.73. The molecule has 212 valence electrons. The van der Waals surface area contributed by atoms with Crippen LogP contribution in [0.1, 0.15) is 33.4 Å². The summed E-state index contributed by atoms with van der Waals surface area (Å²) in [5, 5.41) is 4.11. The number of nitrogens with zero attached hydrogens (tertiary/aromatic N) is 1. The fourth-order valence-electron chi connectivity index (χ4n) is 4.23. The molecule has 1 aromatic heterocycles. The second-order valence-corrected chi connectivity index (χ2v) is 8.69. The van der Waals surface area contributed by atoms with Crippen LogP contribution in [0, 0.1) is 0 Å². The van der Waals surface area contributed by atoms with Crippen LogP contribution in [0.2, 0.25) is 0 Å². The van der Waals surface area contributed by atoms with Crippen molar-refractivity contribution in [2.45, 2.75) is 64.6 Å². The number of rotatable bonds is 10. The summed E-state index contributed by atoms with van der Waals surface area (Å²) in [6.45, 7) is 4.38. The van der Waals surface area contributed by atoms with Crippen LogP contribution in [-0.2, 0) is 49.3 Å². The second kappa shape index (κ2) is 13.1. The molecule has 1 aliphatic heterocycles. The summed E-state index contributed by atoms with van der Waals surface area (Å²) in [7, 11) is 3.04. The van der Waals surface area contributed by atoms with E-state index in [-0.39, 0.29) is 13.0 Å². The van der Waals surface area contributed by atoms with Crippen molar-refractivity contribution in [3.05, 3.63) is 30.0 Å². The largest absolute Gasteiger partial charge is 0.497 e. The normalized spacial score (nSPS) is 22.4. The third kappa shape index (κ3) is 7.69. The van der Waals surface area contributed by atoms with Gasteiger partial charge in [0.25, 0.3) is 0 Å². The van der Waals surface area contributed by atoms with Crippen LogP contribution in [0.15, 0.2) is 28.8 Å². The lowest BCUT2D eigenvalue weighted by Gasteiger charge is -2.44. The molecule has 0 radical (unpaired) electrons. The van der Waals surface area contributed by atoms with Crippen molar-refractivity contribution in [3.63, 3.8) is 0 Å². The van der Waals surface area contributed by atoms with Gasteiger partial charge in [-0.2, -0.15) is 0 Å². The molecule has 3 rings (SSSR count). The Hall–Kier alpha value is -4.13. The van der Waals surface area contributed by atoms with Crippen LogP contribution >= 0.6 is 0 Å². The molecule has 0 unspecified atom stereocenters. The minimum Gasteiger partial charge on any atom is -0.497 e. The summed E-state index contributed by atoms with van der Waals surface area (Å²) < 4.78 is 43.8. The summed E-state index contributed by atoms with van der Waals surface area (Å²) >= 11 is 0. The molecule has 2 aromatic rings. The van der Waals surface area contributed by atoms with Gasteiger partial charge in [0.1, 0.15) is 30.3 Å². The molecule has 13 heteroatoms. The molecule has 1 fully saturated rings. The number of esters is 4. The Morgan fingerprint density at radius 3 is 1.97 bits per heavy atom. The predicted octanol–water partition coefficient (Wildman–Crippen LogP) is 2.03. The van der Waals surface area contributed by atoms with E-state index in [9.17, 15) is 19.2 Å². The number of methoxy groups -OCH3 is 2. The van der Waals surface area contributed by atoms with Crippen LogP contribution in [0.25, 0.3) is 11.3 Å². The minimum atomic E-state index is -1.26. The Kier molecular flexibility index (Phi) is 9.88. The zero-order chi connectivity index (χ0) is 28.7. The van der Waals surface area contributed by atoms with E-state index in [1.807, 2.05) is 0 Å². The first-order valence-electron chi connectivity index (χ1n) is 12.0. The summed E-state index contributed by atoms with van der Waals surface area (Å²) in [6, 6.07) is 6.82. The molecule has 0 bridgehead atoms. The summed E-state index contributed by atoms with van der Waals surface area (Å²) in [4.78, 5) is 47.4. The van der Waals surface area contributed by atoms with Crippen molar-refractivity contribution in [2.24, 2.45) is 0 Å². The van der Waals surface area contributed by atoms with Crippen molar-refractivity contribution in [2.75, 3.05) is 20.8 Å². The molecule has 13 nitrogen and oxygen atoms in total. The molecule has 5 atom stereocenters. The van der Waals surface area contributed by atoms with Crippen LogP contribution < -0.4 is 9.47 Å². The van der Waals surface area contributed by atoms with Gasteiger partial charge in [0.2, 0.25) is 0 Å². The quantitative estimate of drug-likeness (QED) is 0.313. The van der Waals surface area contributed by atoms with E-state index in [1.165, 1.54) is 28.1 Å². The Balaban J connectivity index is 1.96. The summed E-state index contributed by atoms with van der Waals surface area (Å²) in [5.41, 5.74) is 1.02. The molecule has 0 spiro atoms. The number of carbonyl (C=O) groups is 4. The fraction of sp³-hybridized carbons (Fsp3) is 0.500. The van der Waals surface area contributed by atoms with Gasteiger partial charge in [-0.05, 0) is 12.1 Å². The number of aromatic nitrogens is 1. The zero-order valence-corrected chi connectivity index (χ0v) is 22.5. The van der Waals surface area contributed by atoms with Crippen LogP contribution in [0.3, 0.4) is 0 Å². The monoisotopic (exact) mass is 549 g/mol. The highest BCUT2D eigenvalue weighted by molar-refractivity contribution is 5.69. The topological polar surface area (TPSA) is 159 Å². The van der Waals surface area contributed by atoms with E-state index < -0.39 is 54.4 Å². The smallest absolute Gasteiger partial charge is 0.303 e. The number of carbonyl (C=O) groups excluding carboxylic acids is 4. The van der Waals surface area contributed by atoms with Crippen LogP contribution in [0.4, 0.5) is 0 Å². The zero-order valence-electron chi connectivity index (χ0n) is 22.5. The van der Waals surface area contributed by atoms with Gasteiger partial charge in [0.15, 0.2) is 24.1 Å². The van der Waals surface area contributed by atoms with Gasteiger partial charge in [-0.15, -0.1) is 0 Å². The fourth-order valence-corrected chi connectivity index (χ4v) is 4.23. The van der Waals surface area contributed by atoms with Gasteiger partial charge in [-0.3, -0.25) is 19.2 Å². The summed E-state index contributed by atoms with van der Waals surface area (Å²) in [6.07, 6.45) is -5.67. The van der Waals surface area contributed by atoms with Crippen molar-refractivity contribution in [1.29, 1.82) is 0 Å². The molecule has 0 saturated carbocycles. The standard InChI is InChI=1S/C26H31NO12/c1-13(28)34-12-23-25(36-15(3)30)26(37-16(4)31)24(35-14(2)29)22(38-23)10-17-9-21(39-27-17)19-8-7-18(32-5)11-20(19)33-6/h7-9,11,22-26H,10,12H2,1-6H3/t22-,23+,24-,25-,26+/m0/s1. The van der Waals surface area contributed by atoms with Crippen molar-refractivity contribution in [3.8, 4) is 22.8 Å². The van der Waals surface area contributed by atoms with Gasteiger partial charge in [0.05, 0.1) is 25.5 Å². The number of benzene rings is 1. The van der Waals surface area contributed by atoms with Gasteiger partial charge >= 0.3 is 23.9 Å². The number of hydrogen-bond donors (Lipinski definition) is 0. The maximum absolute atomic E-state index is 12.0. The SMILES string of the molecule is COc1ccc(-c2cc(C[C@@H]3O[C@H](COC(C)=O)[C@H](OC(C)=O)[C@H](OC(C)=O)[C@H]3OC(C)=O)no2)c(OC)c1. The Morgan fingerprint density at radius 2 is 1.41 bits per heavy atom. The van der Waals surface area contributed by atoms with E-state index in [2.05, 4.69) is 5.16 Å². The van der Waals surface area contributed by atoms with Gasteiger partial charge in [-0.1, -0.05) is 5.16 Å². The third-order valence-corrected chi connectivity index (χ3v) is 5.73. The molecular formula is C26H31NO12. The van der Waals surface area contributed by atoms with E-state index >= 15 is 0 Å². The van der Waals surface area contributed by atoms with Crippen molar-refractivity contribution in [1.82, 2.24) is 5.16 Å². The van der Waals surface area contributed by atoms with Gasteiger partial charge < -0.3 is 37.7 Å². The highest BCUT2D eigenvalue weighted by atomic mass is 16.7. The lowest BCUT2D eigenvalue weighted by atomic mass is 9.91. The Labute approximate surface area is 224 Å². The number of hydrogen-bond acceptors (Lipinski definition) is 13. The maximum atomic E-state index is 12.0. The highest BCUT2D eigenvalue weighted by Gasteiger charge is 2.52. The first-order chi connectivity index (χ1) is 18.5. The van der Waals surface area contributed by atoms with Gasteiger partial charge in [-0.25, -0.2) is 0 Å². The molecule has 1 aromatic carbocycles. The molecule has 1 saturated heterocycles. The first kappa shape index (κ1) is 29.4. The Morgan fingerprint density at radius 1 is 0.795 bits per heavy atom. The maximum Gasteiger partial charge on any atom is 0.303 e. The summed E-state index contributed by atoms with van der Waals surface area (Å²) in [5.74, 6) is -1.24. The highest BCUT2D eigenvalue weighted by Crippen LogP contribution is 2.35. The molecule has 1 aliphatic rings. The molecule has 0 aliphatic carbocycles. The molecule has 39 heavy (non-hydrogen) atoms. The van der Waals surface area contributed by atoms with Crippen molar-refractivity contribution >= 4 is 23.9 Å². The lowest BCUT2D eigenvalue weighted by molar-refractivity contribution is -0.252. The predicted molar refractivity (Wildman–Crippen MR) is 131 cm³/mol. The molecule has 0 amide bonds. The van der Waals surface area contributed by atoms with E-state index in [4.69, 9.17) is 37.7 Å². The molecule has 0 N–H and O–H groups in total. The second-order valence-electron chi connectivity index (χ2n) is 8.69. The van der Waals surface area contributed by atoms with E-state index in [0.29, 0.717) is 28.5 Å². The first-order valence-corrected chi connectivity index (χ1v) is 12.0. The van der Waals surface area contributed by atoms with E-state index in [1.54, 1.807) is 24.3 Å². The van der Waals surface area contributed by atoms with E-state index in [0.717, 1.165) is 13.8 Å².